The van der Waals surface area contributed by atoms with Crippen LogP contribution >= 0.6 is 11.6 Å². The van der Waals surface area contributed by atoms with Crippen LogP contribution in [0, 0.1) is 0 Å². The fourth-order valence-electron chi connectivity index (χ4n) is 1.48. The standard InChI is InChI=1S/C11H12ClN3O3/c1-8(16)18-5-4-17-7-15-3-2-9-10(12)13-6-14-11(9)15/h2-3,6H,4-5,7H2,1H3. The average Bonchev–Trinajstić information content (AvgIpc) is 2.73. The highest BCUT2D eigenvalue weighted by atomic mass is 35.5. The number of halogens is 1. The van der Waals surface area contributed by atoms with Gasteiger partial charge >= 0.3 is 5.97 Å². The molecule has 0 aromatic carbocycles. The Labute approximate surface area is 108 Å². The summed E-state index contributed by atoms with van der Waals surface area (Å²) >= 11 is 5.93. The summed E-state index contributed by atoms with van der Waals surface area (Å²) in [6, 6.07) is 1.83. The van der Waals surface area contributed by atoms with Crippen LogP contribution < -0.4 is 0 Å². The van der Waals surface area contributed by atoms with Gasteiger partial charge in [0, 0.05) is 13.1 Å². The zero-order valence-corrected chi connectivity index (χ0v) is 10.6. The Bertz CT molecular complexity index is 555. The lowest BCUT2D eigenvalue weighted by molar-refractivity contribution is -0.142. The minimum absolute atomic E-state index is 0.240. The highest BCUT2D eigenvalue weighted by Crippen LogP contribution is 2.19. The topological polar surface area (TPSA) is 66.2 Å². The maximum atomic E-state index is 10.5. The van der Waals surface area contributed by atoms with Gasteiger partial charge in [-0.1, -0.05) is 11.6 Å². The molecule has 2 heterocycles. The summed E-state index contributed by atoms with van der Waals surface area (Å²) < 4.78 is 11.9. The van der Waals surface area contributed by atoms with E-state index < -0.39 is 0 Å². The van der Waals surface area contributed by atoms with Crippen LogP contribution in [0.5, 0.6) is 0 Å². The van der Waals surface area contributed by atoms with Gasteiger partial charge in [0.2, 0.25) is 0 Å². The third-order valence-corrected chi connectivity index (χ3v) is 2.57. The van der Waals surface area contributed by atoms with Crippen molar-refractivity contribution in [1.29, 1.82) is 0 Å². The third-order valence-electron chi connectivity index (χ3n) is 2.27. The van der Waals surface area contributed by atoms with Crippen LogP contribution in [0.3, 0.4) is 0 Å². The number of carbonyl (C=O) groups excluding carboxylic acids is 1. The molecule has 0 saturated heterocycles. The Kier molecular flexibility index (Phi) is 4.11. The number of esters is 1. The number of aromatic nitrogens is 3. The molecule has 2 rings (SSSR count). The van der Waals surface area contributed by atoms with Crippen molar-refractivity contribution in [3.63, 3.8) is 0 Å². The number of carbonyl (C=O) groups is 1. The summed E-state index contributed by atoms with van der Waals surface area (Å²) in [7, 11) is 0. The summed E-state index contributed by atoms with van der Waals surface area (Å²) in [5, 5.41) is 1.20. The number of hydrogen-bond donors (Lipinski definition) is 0. The number of rotatable bonds is 5. The summed E-state index contributed by atoms with van der Waals surface area (Å²) in [5.41, 5.74) is 0.711. The first kappa shape index (κ1) is 12.8. The van der Waals surface area contributed by atoms with Gasteiger partial charge in [-0.05, 0) is 6.07 Å². The normalized spacial score (nSPS) is 10.8. The predicted molar refractivity (Wildman–Crippen MR) is 65.1 cm³/mol. The smallest absolute Gasteiger partial charge is 0.302 e. The Hall–Kier alpha value is -1.66. The molecule has 0 aliphatic rings. The fourth-order valence-corrected chi connectivity index (χ4v) is 1.68. The molecule has 0 saturated carbocycles. The van der Waals surface area contributed by atoms with Crippen molar-refractivity contribution in [3.05, 3.63) is 23.7 Å². The monoisotopic (exact) mass is 269 g/mol. The van der Waals surface area contributed by atoms with E-state index in [4.69, 9.17) is 21.1 Å². The van der Waals surface area contributed by atoms with Crippen LogP contribution in [-0.2, 0) is 21.0 Å². The summed E-state index contributed by atoms with van der Waals surface area (Å²) in [6.07, 6.45) is 3.22. The van der Waals surface area contributed by atoms with Gasteiger partial charge in [-0.25, -0.2) is 9.97 Å². The van der Waals surface area contributed by atoms with Gasteiger partial charge in [-0.2, -0.15) is 0 Å². The molecule has 96 valence electrons. The average molecular weight is 270 g/mol. The molecule has 2 aromatic heterocycles. The molecule has 0 aliphatic carbocycles. The van der Waals surface area contributed by atoms with Crippen molar-refractivity contribution in [2.45, 2.75) is 13.7 Å². The summed E-state index contributed by atoms with van der Waals surface area (Å²) in [6.45, 7) is 2.25. The van der Waals surface area contributed by atoms with E-state index in [2.05, 4.69) is 9.97 Å². The highest BCUT2D eigenvalue weighted by Gasteiger charge is 2.06. The summed E-state index contributed by atoms with van der Waals surface area (Å²) in [5.74, 6) is -0.315. The zero-order chi connectivity index (χ0) is 13.0. The second kappa shape index (κ2) is 5.79. The van der Waals surface area contributed by atoms with Crippen LogP contribution in [0.4, 0.5) is 0 Å². The molecule has 0 unspecified atom stereocenters. The molecule has 0 radical (unpaired) electrons. The molecule has 6 nitrogen and oxygen atoms in total. The Morgan fingerprint density at radius 1 is 1.44 bits per heavy atom. The molecule has 0 bridgehead atoms. The van der Waals surface area contributed by atoms with Crippen molar-refractivity contribution in [2.75, 3.05) is 13.2 Å². The van der Waals surface area contributed by atoms with E-state index in [1.807, 2.05) is 12.3 Å². The van der Waals surface area contributed by atoms with Gasteiger partial charge in [-0.15, -0.1) is 0 Å². The molecule has 0 fully saturated rings. The zero-order valence-electron chi connectivity index (χ0n) is 9.80. The third kappa shape index (κ3) is 2.96. The second-order valence-corrected chi connectivity index (χ2v) is 3.92. The van der Waals surface area contributed by atoms with Crippen molar-refractivity contribution in [1.82, 2.24) is 14.5 Å². The first-order valence-electron chi connectivity index (χ1n) is 5.35. The molecular weight excluding hydrogens is 258 g/mol. The van der Waals surface area contributed by atoms with E-state index in [-0.39, 0.29) is 12.6 Å². The van der Waals surface area contributed by atoms with Crippen LogP contribution in [-0.4, -0.2) is 33.7 Å². The van der Waals surface area contributed by atoms with Gasteiger partial charge in [0.1, 0.15) is 30.5 Å². The first-order valence-corrected chi connectivity index (χ1v) is 5.72. The van der Waals surface area contributed by atoms with Crippen molar-refractivity contribution >= 4 is 28.6 Å². The lowest BCUT2D eigenvalue weighted by Crippen LogP contribution is -2.10. The molecule has 0 N–H and O–H groups in total. The Balaban J connectivity index is 1.92. The molecule has 18 heavy (non-hydrogen) atoms. The lowest BCUT2D eigenvalue weighted by Gasteiger charge is -2.06. The van der Waals surface area contributed by atoms with Crippen molar-refractivity contribution in [2.24, 2.45) is 0 Å². The van der Waals surface area contributed by atoms with Crippen LogP contribution in [0.15, 0.2) is 18.6 Å². The molecule has 0 spiro atoms. The SMILES string of the molecule is CC(=O)OCCOCn1ccc2c(Cl)ncnc21. The number of hydrogen-bond acceptors (Lipinski definition) is 5. The van der Waals surface area contributed by atoms with Gasteiger partial charge in [-0.3, -0.25) is 4.79 Å². The van der Waals surface area contributed by atoms with E-state index >= 15 is 0 Å². The number of nitrogens with zero attached hydrogens (tertiary/aromatic N) is 3. The molecule has 7 heteroatoms. The van der Waals surface area contributed by atoms with Gasteiger partial charge in [0.05, 0.1) is 12.0 Å². The van der Waals surface area contributed by atoms with Crippen LogP contribution in [0.1, 0.15) is 6.92 Å². The molecule has 0 atom stereocenters. The minimum Gasteiger partial charge on any atom is -0.463 e. The van der Waals surface area contributed by atoms with Gasteiger partial charge in [0.15, 0.2) is 0 Å². The predicted octanol–water partition coefficient (Wildman–Crippen LogP) is 1.62. The maximum Gasteiger partial charge on any atom is 0.302 e. The highest BCUT2D eigenvalue weighted by molar-refractivity contribution is 6.33. The molecule has 0 amide bonds. The van der Waals surface area contributed by atoms with Gasteiger partial charge < -0.3 is 14.0 Å². The van der Waals surface area contributed by atoms with Crippen molar-refractivity contribution < 1.29 is 14.3 Å². The Morgan fingerprint density at radius 2 is 2.28 bits per heavy atom. The van der Waals surface area contributed by atoms with E-state index in [9.17, 15) is 4.79 Å². The largest absolute Gasteiger partial charge is 0.463 e. The summed E-state index contributed by atoms with van der Waals surface area (Å²) in [4.78, 5) is 18.6. The molecule has 0 aliphatic heterocycles. The quantitative estimate of drug-likeness (QED) is 0.469. The van der Waals surface area contributed by atoms with E-state index in [0.717, 1.165) is 5.39 Å². The maximum absolute atomic E-state index is 10.5. The number of fused-ring (bicyclic) bond motifs is 1. The van der Waals surface area contributed by atoms with Crippen LogP contribution in [0.2, 0.25) is 5.15 Å². The second-order valence-electron chi connectivity index (χ2n) is 3.56. The minimum atomic E-state index is -0.315. The molecular formula is C11H12ClN3O3. The van der Waals surface area contributed by atoms with Crippen LogP contribution in [0.25, 0.3) is 11.0 Å². The van der Waals surface area contributed by atoms with E-state index in [1.165, 1.54) is 13.3 Å². The lowest BCUT2D eigenvalue weighted by atomic mass is 10.4. The molecule has 2 aromatic rings. The number of ether oxygens (including phenoxy) is 2. The first-order chi connectivity index (χ1) is 8.68. The van der Waals surface area contributed by atoms with E-state index in [0.29, 0.717) is 24.1 Å². The van der Waals surface area contributed by atoms with E-state index in [1.54, 1.807) is 4.57 Å². The Morgan fingerprint density at radius 3 is 3.06 bits per heavy atom. The van der Waals surface area contributed by atoms with Gasteiger partial charge in [0.25, 0.3) is 0 Å². The van der Waals surface area contributed by atoms with Crippen molar-refractivity contribution in [3.8, 4) is 0 Å². The fraction of sp³-hybridized carbons (Fsp3) is 0.364.